The molecule has 0 spiro atoms. The van der Waals surface area contributed by atoms with E-state index in [2.05, 4.69) is 24.4 Å². The summed E-state index contributed by atoms with van der Waals surface area (Å²) < 4.78 is 0. The molecule has 1 aliphatic rings. The molecule has 0 aliphatic heterocycles. The van der Waals surface area contributed by atoms with Gasteiger partial charge in [-0.05, 0) is 36.5 Å². The minimum Gasteiger partial charge on any atom is -0.313 e. The molecule has 2 heteroatoms. The second-order valence-corrected chi connectivity index (χ2v) is 4.57. The maximum Gasteiger partial charge on any atom is 0.0406 e. The Hall–Kier alpha value is -0.530. The first-order valence-electron chi connectivity index (χ1n) is 5.24. The van der Waals surface area contributed by atoms with Crippen molar-refractivity contribution in [1.29, 1.82) is 0 Å². The normalized spacial score (nSPS) is 18.1. The van der Waals surface area contributed by atoms with Gasteiger partial charge in [-0.1, -0.05) is 30.7 Å². The van der Waals surface area contributed by atoms with Gasteiger partial charge in [-0.15, -0.1) is 0 Å². The molecule has 1 aromatic rings. The predicted octanol–water partition coefficient (Wildman–Crippen LogP) is 3.20. The SMILES string of the molecule is CC(CNC1CC1)c1ccc(Cl)cc1. The summed E-state index contributed by atoms with van der Waals surface area (Å²) in [5, 5.41) is 4.35. The Balaban J connectivity index is 1.88. The van der Waals surface area contributed by atoms with Crippen LogP contribution in [-0.2, 0) is 0 Å². The van der Waals surface area contributed by atoms with Gasteiger partial charge in [-0.25, -0.2) is 0 Å². The van der Waals surface area contributed by atoms with Gasteiger partial charge in [0.25, 0.3) is 0 Å². The van der Waals surface area contributed by atoms with Crippen LogP contribution in [0.15, 0.2) is 24.3 Å². The summed E-state index contributed by atoms with van der Waals surface area (Å²) >= 11 is 5.84. The number of hydrogen-bond acceptors (Lipinski definition) is 1. The molecule has 0 saturated heterocycles. The standard InChI is InChI=1S/C12H16ClN/c1-9(8-14-12-6-7-12)10-2-4-11(13)5-3-10/h2-5,9,12,14H,6-8H2,1H3. The Morgan fingerprint density at radius 1 is 1.36 bits per heavy atom. The van der Waals surface area contributed by atoms with E-state index >= 15 is 0 Å². The fourth-order valence-corrected chi connectivity index (χ4v) is 1.67. The molecule has 1 aliphatic carbocycles. The van der Waals surface area contributed by atoms with E-state index in [1.165, 1.54) is 18.4 Å². The van der Waals surface area contributed by atoms with Gasteiger partial charge in [-0.2, -0.15) is 0 Å². The zero-order chi connectivity index (χ0) is 9.97. The number of hydrogen-bond donors (Lipinski definition) is 1. The van der Waals surface area contributed by atoms with Crippen LogP contribution in [0, 0.1) is 0 Å². The lowest BCUT2D eigenvalue weighted by atomic mass is 10.0. The molecule has 1 atom stereocenters. The summed E-state index contributed by atoms with van der Waals surface area (Å²) in [5.74, 6) is 0.577. The Morgan fingerprint density at radius 3 is 2.57 bits per heavy atom. The molecule has 1 unspecified atom stereocenters. The fourth-order valence-electron chi connectivity index (χ4n) is 1.54. The van der Waals surface area contributed by atoms with Gasteiger partial charge < -0.3 is 5.32 Å². The topological polar surface area (TPSA) is 12.0 Å². The molecule has 0 heterocycles. The third-order valence-corrected chi connectivity index (χ3v) is 2.98. The van der Waals surface area contributed by atoms with Crippen LogP contribution in [0.4, 0.5) is 0 Å². The van der Waals surface area contributed by atoms with E-state index < -0.39 is 0 Å². The maximum absolute atomic E-state index is 5.84. The minimum atomic E-state index is 0.577. The van der Waals surface area contributed by atoms with Crippen LogP contribution in [0.3, 0.4) is 0 Å². The highest BCUT2D eigenvalue weighted by Gasteiger charge is 2.20. The van der Waals surface area contributed by atoms with Crippen molar-refractivity contribution in [2.45, 2.75) is 31.7 Å². The van der Waals surface area contributed by atoms with Crippen molar-refractivity contribution in [2.75, 3.05) is 6.54 Å². The molecule has 0 amide bonds. The Morgan fingerprint density at radius 2 is 2.00 bits per heavy atom. The third-order valence-electron chi connectivity index (χ3n) is 2.73. The fraction of sp³-hybridized carbons (Fsp3) is 0.500. The van der Waals surface area contributed by atoms with Gasteiger partial charge in [0.05, 0.1) is 0 Å². The predicted molar refractivity (Wildman–Crippen MR) is 60.9 cm³/mol. The van der Waals surface area contributed by atoms with Crippen molar-refractivity contribution in [3.8, 4) is 0 Å². The largest absolute Gasteiger partial charge is 0.313 e. The van der Waals surface area contributed by atoms with Crippen LogP contribution in [0.25, 0.3) is 0 Å². The second-order valence-electron chi connectivity index (χ2n) is 4.14. The van der Waals surface area contributed by atoms with Crippen molar-refractivity contribution in [3.63, 3.8) is 0 Å². The summed E-state index contributed by atoms with van der Waals surface area (Å²) in [4.78, 5) is 0. The molecule has 1 aromatic carbocycles. The molecule has 1 nitrogen and oxygen atoms in total. The van der Waals surface area contributed by atoms with Gasteiger partial charge >= 0.3 is 0 Å². The number of halogens is 1. The zero-order valence-electron chi connectivity index (χ0n) is 8.46. The molecule has 1 fully saturated rings. The van der Waals surface area contributed by atoms with Crippen molar-refractivity contribution in [3.05, 3.63) is 34.9 Å². The highest BCUT2D eigenvalue weighted by Crippen LogP contribution is 2.21. The molecular formula is C12H16ClN. The molecule has 14 heavy (non-hydrogen) atoms. The van der Waals surface area contributed by atoms with Crippen molar-refractivity contribution >= 4 is 11.6 Å². The number of nitrogens with one attached hydrogen (secondary N) is 1. The molecule has 76 valence electrons. The van der Waals surface area contributed by atoms with Crippen LogP contribution in [0.1, 0.15) is 31.2 Å². The molecule has 0 aromatic heterocycles. The molecule has 0 bridgehead atoms. The van der Waals surface area contributed by atoms with Gasteiger partial charge in [-0.3, -0.25) is 0 Å². The molecule has 1 saturated carbocycles. The van der Waals surface area contributed by atoms with Gasteiger partial charge in [0.1, 0.15) is 0 Å². The smallest absolute Gasteiger partial charge is 0.0406 e. The molecule has 0 radical (unpaired) electrons. The second kappa shape index (κ2) is 4.33. The summed E-state index contributed by atoms with van der Waals surface area (Å²) in [7, 11) is 0. The Bertz CT molecular complexity index is 290. The quantitative estimate of drug-likeness (QED) is 0.803. The van der Waals surface area contributed by atoms with Gasteiger partial charge in [0.2, 0.25) is 0 Å². The van der Waals surface area contributed by atoms with Crippen LogP contribution in [0.2, 0.25) is 5.02 Å². The summed E-state index contributed by atoms with van der Waals surface area (Å²) in [6.07, 6.45) is 2.71. The zero-order valence-corrected chi connectivity index (χ0v) is 9.22. The molecule has 2 rings (SSSR count). The van der Waals surface area contributed by atoms with E-state index in [0.29, 0.717) is 5.92 Å². The Kier molecular flexibility index (Phi) is 3.09. The van der Waals surface area contributed by atoms with E-state index in [1.807, 2.05) is 12.1 Å². The molecule has 1 N–H and O–H groups in total. The average Bonchev–Trinajstić information content (AvgIpc) is 2.99. The summed E-state index contributed by atoms with van der Waals surface area (Å²) in [6.45, 7) is 3.32. The van der Waals surface area contributed by atoms with E-state index in [0.717, 1.165) is 17.6 Å². The maximum atomic E-state index is 5.84. The lowest BCUT2D eigenvalue weighted by Crippen LogP contribution is -2.21. The third kappa shape index (κ3) is 2.73. The van der Waals surface area contributed by atoms with Gasteiger partial charge in [0.15, 0.2) is 0 Å². The number of benzene rings is 1. The summed E-state index contributed by atoms with van der Waals surface area (Å²) in [5.41, 5.74) is 1.36. The van der Waals surface area contributed by atoms with E-state index in [-0.39, 0.29) is 0 Å². The van der Waals surface area contributed by atoms with Crippen LogP contribution >= 0.6 is 11.6 Å². The number of rotatable bonds is 4. The van der Waals surface area contributed by atoms with Crippen molar-refractivity contribution < 1.29 is 0 Å². The Labute approximate surface area is 90.5 Å². The van der Waals surface area contributed by atoms with Crippen LogP contribution in [0.5, 0.6) is 0 Å². The van der Waals surface area contributed by atoms with Crippen molar-refractivity contribution in [2.24, 2.45) is 0 Å². The van der Waals surface area contributed by atoms with E-state index in [1.54, 1.807) is 0 Å². The minimum absolute atomic E-state index is 0.577. The van der Waals surface area contributed by atoms with Crippen molar-refractivity contribution in [1.82, 2.24) is 5.32 Å². The lowest BCUT2D eigenvalue weighted by molar-refractivity contribution is 0.612. The average molecular weight is 210 g/mol. The monoisotopic (exact) mass is 209 g/mol. The van der Waals surface area contributed by atoms with E-state index in [9.17, 15) is 0 Å². The highest BCUT2D eigenvalue weighted by molar-refractivity contribution is 6.30. The highest BCUT2D eigenvalue weighted by atomic mass is 35.5. The summed E-state index contributed by atoms with van der Waals surface area (Å²) in [6, 6.07) is 8.95. The lowest BCUT2D eigenvalue weighted by Gasteiger charge is -2.12. The first kappa shape index (κ1) is 10.0. The van der Waals surface area contributed by atoms with Crippen LogP contribution < -0.4 is 5.32 Å². The molecular weight excluding hydrogens is 194 g/mol. The van der Waals surface area contributed by atoms with Crippen LogP contribution in [-0.4, -0.2) is 12.6 Å². The first-order chi connectivity index (χ1) is 6.75. The van der Waals surface area contributed by atoms with Gasteiger partial charge in [0, 0.05) is 17.6 Å². The van der Waals surface area contributed by atoms with E-state index in [4.69, 9.17) is 11.6 Å². The first-order valence-corrected chi connectivity index (χ1v) is 5.62.